The highest BCUT2D eigenvalue weighted by molar-refractivity contribution is 14.0. The van der Waals surface area contributed by atoms with Crippen LogP contribution >= 0.6 is 24.0 Å². The van der Waals surface area contributed by atoms with Gasteiger partial charge < -0.3 is 15.4 Å². The van der Waals surface area contributed by atoms with Crippen LogP contribution in [0.15, 0.2) is 29.3 Å². The lowest BCUT2D eigenvalue weighted by Crippen LogP contribution is -2.42. The third kappa shape index (κ3) is 5.97. The van der Waals surface area contributed by atoms with Crippen LogP contribution in [-0.2, 0) is 16.3 Å². The van der Waals surface area contributed by atoms with E-state index in [1.165, 1.54) is 12.1 Å². The van der Waals surface area contributed by atoms with Gasteiger partial charge in [-0.25, -0.2) is 0 Å². The van der Waals surface area contributed by atoms with Crippen LogP contribution in [0.4, 0.5) is 13.2 Å². The fourth-order valence-corrected chi connectivity index (χ4v) is 3.30. The van der Waals surface area contributed by atoms with Crippen molar-refractivity contribution in [3.05, 3.63) is 35.4 Å². The Morgan fingerprint density at radius 3 is 2.56 bits per heavy atom. The zero-order valence-corrected chi connectivity index (χ0v) is 17.8. The maximum Gasteiger partial charge on any atom is 0.416 e. The Morgan fingerprint density at radius 1 is 1.26 bits per heavy atom. The third-order valence-corrected chi connectivity index (χ3v) is 5.05. The van der Waals surface area contributed by atoms with Gasteiger partial charge in [0.2, 0.25) is 0 Å². The minimum absolute atomic E-state index is 0. The van der Waals surface area contributed by atoms with Gasteiger partial charge in [0.15, 0.2) is 5.96 Å². The molecule has 0 aromatic heterocycles. The van der Waals surface area contributed by atoms with Crippen molar-refractivity contribution in [2.45, 2.75) is 50.2 Å². The summed E-state index contributed by atoms with van der Waals surface area (Å²) in [4.78, 5) is 4.72. The van der Waals surface area contributed by atoms with Gasteiger partial charge in [-0.05, 0) is 44.2 Å². The van der Waals surface area contributed by atoms with Gasteiger partial charge in [0.05, 0.1) is 12.1 Å². The third-order valence-electron chi connectivity index (χ3n) is 5.05. The lowest BCUT2D eigenvalue weighted by molar-refractivity contribution is -0.137. The van der Waals surface area contributed by atoms with Crippen LogP contribution in [0.5, 0.6) is 0 Å². The number of rotatable bonds is 5. The molecule has 0 spiro atoms. The van der Waals surface area contributed by atoms with E-state index in [0.717, 1.165) is 31.4 Å². The SMILES string of the molecule is CCNC(=NCC1(c2cccc(C(F)(F)F)c2)CCOCC1)NC1CC1.I. The number of hydrogen-bond donors (Lipinski definition) is 2. The Balaban J connectivity index is 0.00000261. The first kappa shape index (κ1) is 22.3. The van der Waals surface area contributed by atoms with E-state index in [-0.39, 0.29) is 24.0 Å². The molecule has 1 aliphatic heterocycles. The summed E-state index contributed by atoms with van der Waals surface area (Å²) >= 11 is 0. The molecule has 2 aliphatic rings. The van der Waals surface area contributed by atoms with Crippen LogP contribution in [-0.4, -0.2) is 38.3 Å². The molecule has 1 saturated carbocycles. The second kappa shape index (κ2) is 9.45. The summed E-state index contributed by atoms with van der Waals surface area (Å²) in [6.45, 7) is 4.27. The van der Waals surface area contributed by atoms with Crippen molar-refractivity contribution in [2.75, 3.05) is 26.3 Å². The Morgan fingerprint density at radius 2 is 1.96 bits per heavy atom. The van der Waals surface area contributed by atoms with Gasteiger partial charge >= 0.3 is 6.18 Å². The van der Waals surface area contributed by atoms with Crippen LogP contribution in [0.3, 0.4) is 0 Å². The molecule has 1 aromatic carbocycles. The number of guanidine groups is 1. The monoisotopic (exact) mass is 497 g/mol. The van der Waals surface area contributed by atoms with Crippen LogP contribution in [0.2, 0.25) is 0 Å². The molecule has 1 aliphatic carbocycles. The molecule has 2 N–H and O–H groups in total. The topological polar surface area (TPSA) is 45.7 Å². The summed E-state index contributed by atoms with van der Waals surface area (Å²) in [5, 5.41) is 6.59. The number of benzene rings is 1. The molecule has 1 aromatic rings. The summed E-state index contributed by atoms with van der Waals surface area (Å²) in [7, 11) is 0. The molecular weight excluding hydrogens is 470 g/mol. The first-order valence-corrected chi connectivity index (χ1v) is 9.23. The summed E-state index contributed by atoms with van der Waals surface area (Å²) in [6.07, 6.45) is -0.733. The lowest BCUT2D eigenvalue weighted by Gasteiger charge is -2.37. The zero-order valence-electron chi connectivity index (χ0n) is 15.4. The maximum absolute atomic E-state index is 13.2. The van der Waals surface area contributed by atoms with Crippen molar-refractivity contribution >= 4 is 29.9 Å². The van der Waals surface area contributed by atoms with Crippen LogP contribution in [0, 0.1) is 0 Å². The van der Waals surface area contributed by atoms with Gasteiger partial charge in [0.25, 0.3) is 0 Å². The molecule has 0 atom stereocenters. The predicted octanol–water partition coefficient (Wildman–Crippen LogP) is 4.09. The molecule has 2 fully saturated rings. The van der Waals surface area contributed by atoms with Crippen molar-refractivity contribution in [3.8, 4) is 0 Å². The Labute approximate surface area is 175 Å². The molecule has 27 heavy (non-hydrogen) atoms. The minimum atomic E-state index is -4.34. The van der Waals surface area contributed by atoms with Crippen molar-refractivity contribution in [1.29, 1.82) is 0 Å². The van der Waals surface area contributed by atoms with E-state index < -0.39 is 17.2 Å². The van der Waals surface area contributed by atoms with E-state index in [4.69, 9.17) is 9.73 Å². The van der Waals surface area contributed by atoms with E-state index in [9.17, 15) is 13.2 Å². The first-order valence-electron chi connectivity index (χ1n) is 9.23. The summed E-state index contributed by atoms with van der Waals surface area (Å²) in [5.41, 5.74) is -0.333. The molecule has 0 radical (unpaired) electrons. The van der Waals surface area contributed by atoms with Crippen LogP contribution in [0.25, 0.3) is 0 Å². The molecular formula is C19H27F3IN3O. The highest BCUT2D eigenvalue weighted by Gasteiger charge is 2.37. The van der Waals surface area contributed by atoms with Crippen molar-refractivity contribution in [2.24, 2.45) is 4.99 Å². The van der Waals surface area contributed by atoms with Gasteiger partial charge in [-0.15, -0.1) is 24.0 Å². The molecule has 0 bridgehead atoms. The van der Waals surface area contributed by atoms with Crippen molar-refractivity contribution < 1.29 is 17.9 Å². The fourth-order valence-electron chi connectivity index (χ4n) is 3.30. The Kier molecular flexibility index (Phi) is 7.79. The molecule has 4 nitrogen and oxygen atoms in total. The minimum Gasteiger partial charge on any atom is -0.381 e. The van der Waals surface area contributed by atoms with Crippen LogP contribution < -0.4 is 10.6 Å². The number of alkyl halides is 3. The van der Waals surface area contributed by atoms with Gasteiger partial charge in [-0.2, -0.15) is 13.2 Å². The van der Waals surface area contributed by atoms with Crippen molar-refractivity contribution in [1.82, 2.24) is 10.6 Å². The first-order chi connectivity index (χ1) is 12.4. The largest absolute Gasteiger partial charge is 0.416 e. The number of aliphatic imine (C=N–C) groups is 1. The van der Waals surface area contributed by atoms with E-state index in [1.54, 1.807) is 6.07 Å². The Bertz CT molecular complexity index is 641. The number of nitrogens with zero attached hydrogens (tertiary/aromatic N) is 1. The van der Waals surface area contributed by atoms with Crippen molar-refractivity contribution in [3.63, 3.8) is 0 Å². The Hall–Kier alpha value is -1.03. The molecule has 8 heteroatoms. The smallest absolute Gasteiger partial charge is 0.381 e. The predicted molar refractivity (Wildman–Crippen MR) is 111 cm³/mol. The molecule has 3 rings (SSSR count). The number of halogens is 4. The number of hydrogen-bond acceptors (Lipinski definition) is 2. The van der Waals surface area contributed by atoms with Gasteiger partial charge in [0.1, 0.15) is 0 Å². The van der Waals surface area contributed by atoms with E-state index in [1.807, 2.05) is 6.92 Å². The summed E-state index contributed by atoms with van der Waals surface area (Å²) in [5.74, 6) is 0.743. The van der Waals surface area contributed by atoms with Gasteiger partial charge in [-0.1, -0.05) is 18.2 Å². The fraction of sp³-hybridized carbons (Fsp3) is 0.632. The summed E-state index contributed by atoms with van der Waals surface area (Å²) < 4.78 is 44.9. The number of nitrogens with one attached hydrogen (secondary N) is 2. The molecule has 0 unspecified atom stereocenters. The normalized spacial score (nSPS) is 19.9. The second-order valence-electron chi connectivity index (χ2n) is 7.09. The molecule has 1 saturated heterocycles. The quantitative estimate of drug-likeness (QED) is 0.366. The average Bonchev–Trinajstić information content (AvgIpc) is 3.44. The van der Waals surface area contributed by atoms with Gasteiger partial charge in [0, 0.05) is 31.2 Å². The average molecular weight is 497 g/mol. The van der Waals surface area contributed by atoms with E-state index in [2.05, 4.69) is 10.6 Å². The lowest BCUT2D eigenvalue weighted by atomic mass is 9.74. The standard InChI is InChI=1S/C19H26F3N3O.HI/c1-2-23-17(25-16-6-7-16)24-13-18(8-10-26-11-9-18)14-4-3-5-15(12-14)19(20,21)22;/h3-5,12,16H,2,6-11,13H2,1H3,(H2,23,24,25);1H. The second-order valence-corrected chi connectivity index (χ2v) is 7.09. The molecule has 1 heterocycles. The van der Waals surface area contributed by atoms with E-state index >= 15 is 0 Å². The zero-order chi connectivity index (χ0) is 18.6. The maximum atomic E-state index is 13.2. The highest BCUT2D eigenvalue weighted by Crippen LogP contribution is 2.38. The van der Waals surface area contributed by atoms with Gasteiger partial charge in [-0.3, -0.25) is 4.99 Å². The van der Waals surface area contributed by atoms with Crippen LogP contribution in [0.1, 0.15) is 43.7 Å². The molecule has 0 amide bonds. The molecule has 152 valence electrons. The van der Waals surface area contributed by atoms with E-state index in [0.29, 0.717) is 44.2 Å². The highest BCUT2D eigenvalue weighted by atomic mass is 127. The summed E-state index contributed by atoms with van der Waals surface area (Å²) in [6, 6.07) is 6.15. The number of ether oxygens (including phenoxy) is 1.